The molecule has 0 bridgehead atoms. The van der Waals surface area contributed by atoms with Crippen LogP contribution in [0.5, 0.6) is 0 Å². The van der Waals surface area contributed by atoms with E-state index in [0.717, 1.165) is 25.3 Å². The first-order valence-electron chi connectivity index (χ1n) is 14.4. The fraction of sp³-hybridized carbons (Fsp3) is 0.162. The second-order valence-corrected chi connectivity index (χ2v) is 11.4. The summed E-state index contributed by atoms with van der Waals surface area (Å²) in [5, 5.41) is 2.45. The third-order valence-corrected chi connectivity index (χ3v) is 9.02. The highest BCUT2D eigenvalue weighted by Crippen LogP contribution is 2.44. The number of anilines is 1. The molecule has 0 atom stereocenters. The second-order valence-electron chi connectivity index (χ2n) is 10.3. The third kappa shape index (κ3) is 5.58. The van der Waals surface area contributed by atoms with Crippen molar-refractivity contribution in [3.63, 3.8) is 0 Å². The number of allylic oxidation sites excluding steroid dienone is 2. The van der Waals surface area contributed by atoms with Gasteiger partial charge in [0.25, 0.3) is 0 Å². The molecule has 0 saturated carbocycles. The molecule has 0 saturated heterocycles. The van der Waals surface area contributed by atoms with E-state index >= 15 is 0 Å². The molecule has 2 heterocycles. The summed E-state index contributed by atoms with van der Waals surface area (Å²) in [6.07, 6.45) is 6.66. The molecule has 0 unspecified atom stereocenters. The fourth-order valence-electron chi connectivity index (χ4n) is 5.52. The molecule has 41 heavy (non-hydrogen) atoms. The molecule has 0 amide bonds. The first-order chi connectivity index (χ1) is 20.2. The van der Waals surface area contributed by atoms with Crippen LogP contribution in [0.3, 0.4) is 0 Å². The van der Waals surface area contributed by atoms with Gasteiger partial charge in [-0.25, -0.2) is 0 Å². The maximum Gasteiger partial charge on any atom is 0.219 e. The summed E-state index contributed by atoms with van der Waals surface area (Å²) in [5.41, 5.74) is 8.54. The predicted octanol–water partition coefficient (Wildman–Crippen LogP) is 8.72. The molecule has 4 aromatic carbocycles. The number of nitrogens with zero attached hydrogens (tertiary/aromatic N) is 3. The van der Waals surface area contributed by atoms with Crippen molar-refractivity contribution in [3.8, 4) is 16.9 Å². The lowest BCUT2D eigenvalue weighted by Crippen LogP contribution is -2.34. The molecule has 1 aromatic heterocycles. The molecule has 0 N–H and O–H groups in total. The summed E-state index contributed by atoms with van der Waals surface area (Å²) in [5.74, 6) is 0. The Labute approximate surface area is 248 Å². The summed E-state index contributed by atoms with van der Waals surface area (Å²) in [4.78, 5) is 6.02. The zero-order valence-electron chi connectivity index (χ0n) is 24.0. The van der Waals surface area contributed by atoms with Crippen LogP contribution in [0.4, 0.5) is 5.69 Å². The van der Waals surface area contributed by atoms with Crippen molar-refractivity contribution in [2.75, 3.05) is 25.0 Å². The largest absolute Gasteiger partial charge is 0.338 e. The van der Waals surface area contributed by atoms with Crippen LogP contribution in [0.25, 0.3) is 33.9 Å². The van der Waals surface area contributed by atoms with Crippen molar-refractivity contribution >= 4 is 34.4 Å². The summed E-state index contributed by atoms with van der Waals surface area (Å²) in [6, 6.07) is 39.4. The van der Waals surface area contributed by atoms with Crippen molar-refractivity contribution in [2.24, 2.45) is 0 Å². The van der Waals surface area contributed by atoms with Gasteiger partial charge < -0.3 is 4.90 Å². The van der Waals surface area contributed by atoms with Gasteiger partial charge in [0.2, 0.25) is 16.9 Å². The standard InChI is InChI=1S/C37H36N3S/c1-4-39(5-2)27-28-22-24-29(25-23-28)35-26-30(14-13-21-37-38(3)34-19-11-12-20-36(34)41-37)32-17-9-10-18-33(32)40(35)31-15-7-6-8-16-31/h6-26H,4-5,27H2,1-3H3/q+1. The van der Waals surface area contributed by atoms with Gasteiger partial charge >= 0.3 is 0 Å². The van der Waals surface area contributed by atoms with Crippen LogP contribution in [-0.4, -0.2) is 25.0 Å². The summed E-state index contributed by atoms with van der Waals surface area (Å²) in [7, 11) is 2.14. The average Bonchev–Trinajstić information content (AvgIpc) is 3.35. The van der Waals surface area contributed by atoms with Crippen LogP contribution in [0.1, 0.15) is 25.0 Å². The Hall–Kier alpha value is -4.12. The van der Waals surface area contributed by atoms with Gasteiger partial charge in [0.05, 0.1) is 16.1 Å². The van der Waals surface area contributed by atoms with Gasteiger partial charge in [0, 0.05) is 48.3 Å². The lowest BCUT2D eigenvalue weighted by Gasteiger charge is -2.18. The topological polar surface area (TPSA) is 10.4 Å². The molecule has 3 nitrogen and oxygen atoms in total. The number of hydrogen-bond donors (Lipinski definition) is 0. The highest BCUT2D eigenvalue weighted by Gasteiger charge is 2.23. The van der Waals surface area contributed by atoms with Crippen LogP contribution in [0.15, 0.2) is 131 Å². The van der Waals surface area contributed by atoms with E-state index in [1.54, 1.807) is 0 Å². The van der Waals surface area contributed by atoms with Gasteiger partial charge in [0.1, 0.15) is 0 Å². The van der Waals surface area contributed by atoms with Crippen molar-refractivity contribution in [3.05, 3.63) is 138 Å². The molecule has 204 valence electrons. The van der Waals surface area contributed by atoms with Crippen molar-refractivity contribution in [1.29, 1.82) is 0 Å². The van der Waals surface area contributed by atoms with E-state index in [9.17, 15) is 0 Å². The molecule has 0 aliphatic carbocycles. The Morgan fingerprint density at radius 2 is 1.51 bits per heavy atom. The van der Waals surface area contributed by atoms with E-state index in [0.29, 0.717) is 0 Å². The van der Waals surface area contributed by atoms with Crippen LogP contribution in [-0.2, 0) is 6.54 Å². The van der Waals surface area contributed by atoms with E-state index in [1.807, 2.05) is 11.8 Å². The lowest BCUT2D eigenvalue weighted by atomic mass is 10.0. The highest BCUT2D eigenvalue weighted by atomic mass is 32.2. The Bertz CT molecular complexity index is 1720. The average molecular weight is 555 g/mol. The SMILES string of the molecule is CCN(CC)Cc1ccc(-c2cc(/C=C/C=C3/Sc4ccccc4N3C)c3ccccc3[n+]2-c2ccccc2)cc1. The van der Waals surface area contributed by atoms with Gasteiger partial charge in [-0.05, 0) is 60.6 Å². The minimum Gasteiger partial charge on any atom is -0.338 e. The van der Waals surface area contributed by atoms with E-state index in [4.69, 9.17) is 0 Å². The number of hydrogen-bond acceptors (Lipinski definition) is 3. The molecular formula is C37H36N3S+. The Balaban J connectivity index is 1.44. The molecule has 0 spiro atoms. The van der Waals surface area contributed by atoms with Crippen LogP contribution >= 0.6 is 11.8 Å². The number of pyridine rings is 1. The van der Waals surface area contributed by atoms with Gasteiger partial charge in [-0.3, -0.25) is 4.90 Å². The molecular weight excluding hydrogens is 518 g/mol. The second kappa shape index (κ2) is 12.2. The molecule has 0 radical (unpaired) electrons. The minimum absolute atomic E-state index is 0.975. The number of fused-ring (bicyclic) bond motifs is 2. The normalized spacial score (nSPS) is 14.0. The van der Waals surface area contributed by atoms with Crippen molar-refractivity contribution < 1.29 is 4.57 Å². The number of thioether (sulfide) groups is 1. The Morgan fingerprint density at radius 1 is 0.805 bits per heavy atom. The zero-order chi connectivity index (χ0) is 28.2. The first kappa shape index (κ1) is 27.1. The van der Waals surface area contributed by atoms with E-state index in [2.05, 4.69) is 163 Å². The van der Waals surface area contributed by atoms with Gasteiger partial charge in [0.15, 0.2) is 0 Å². The number of rotatable bonds is 8. The summed E-state index contributed by atoms with van der Waals surface area (Å²) >= 11 is 1.82. The molecule has 0 fully saturated rings. The number of benzene rings is 4. The van der Waals surface area contributed by atoms with Crippen molar-refractivity contribution in [1.82, 2.24) is 4.90 Å². The summed E-state index contributed by atoms with van der Waals surface area (Å²) < 4.78 is 2.39. The number of para-hydroxylation sites is 3. The molecule has 6 rings (SSSR count). The Morgan fingerprint density at radius 3 is 2.27 bits per heavy atom. The first-order valence-corrected chi connectivity index (χ1v) is 15.2. The monoisotopic (exact) mass is 554 g/mol. The molecule has 1 aliphatic rings. The van der Waals surface area contributed by atoms with E-state index < -0.39 is 0 Å². The lowest BCUT2D eigenvalue weighted by molar-refractivity contribution is -0.555. The molecule has 5 aromatic rings. The quantitative estimate of drug-likeness (QED) is 0.178. The highest BCUT2D eigenvalue weighted by molar-refractivity contribution is 8.03. The van der Waals surface area contributed by atoms with Gasteiger partial charge in [-0.1, -0.05) is 92.4 Å². The third-order valence-electron chi connectivity index (χ3n) is 7.84. The summed E-state index contributed by atoms with van der Waals surface area (Å²) in [6.45, 7) is 7.54. The van der Waals surface area contributed by atoms with Crippen LogP contribution in [0, 0.1) is 0 Å². The Kier molecular flexibility index (Phi) is 8.04. The molecule has 1 aliphatic heterocycles. The maximum absolute atomic E-state index is 2.45. The minimum atomic E-state index is 0.975. The van der Waals surface area contributed by atoms with Gasteiger partial charge in [-0.2, -0.15) is 4.57 Å². The van der Waals surface area contributed by atoms with E-state index in [-0.39, 0.29) is 0 Å². The van der Waals surface area contributed by atoms with Crippen LogP contribution in [0.2, 0.25) is 0 Å². The zero-order valence-corrected chi connectivity index (χ0v) is 24.8. The van der Waals surface area contributed by atoms with E-state index in [1.165, 1.54) is 48.9 Å². The maximum atomic E-state index is 2.45. The van der Waals surface area contributed by atoms with Crippen LogP contribution < -0.4 is 9.47 Å². The smallest absolute Gasteiger partial charge is 0.219 e. The van der Waals surface area contributed by atoms with Gasteiger partial charge in [-0.15, -0.1) is 0 Å². The predicted molar refractivity (Wildman–Crippen MR) is 175 cm³/mol. The fourth-order valence-corrected chi connectivity index (χ4v) is 6.59. The molecule has 4 heteroatoms. The number of aromatic nitrogens is 1. The van der Waals surface area contributed by atoms with Crippen molar-refractivity contribution in [2.45, 2.75) is 25.3 Å².